The zero-order valence-electron chi connectivity index (χ0n) is 10.5. The summed E-state index contributed by atoms with van der Waals surface area (Å²) in [5.41, 5.74) is 1.64. The van der Waals surface area contributed by atoms with Crippen molar-refractivity contribution in [2.75, 3.05) is 40.4 Å². The van der Waals surface area contributed by atoms with E-state index in [0.29, 0.717) is 0 Å². The number of hydrogen-bond donors (Lipinski definition) is 1. The average Bonchev–Trinajstić information content (AvgIpc) is 2.21. The van der Waals surface area contributed by atoms with Gasteiger partial charge in [-0.15, -0.1) is 0 Å². The number of ether oxygens (including phenoxy) is 1. The maximum Gasteiger partial charge on any atom is 0.0673 e. The van der Waals surface area contributed by atoms with Gasteiger partial charge in [-0.3, -0.25) is 4.90 Å². The van der Waals surface area contributed by atoms with Crippen LogP contribution in [0, 0.1) is 0 Å². The Kier molecular flexibility index (Phi) is 4.77. The van der Waals surface area contributed by atoms with Crippen molar-refractivity contribution in [3.63, 3.8) is 0 Å². The number of nitrogens with one attached hydrogen (secondary N) is 1. The minimum atomic E-state index is 0.201. The third kappa shape index (κ3) is 4.33. The molecule has 0 unspecified atom stereocenters. The van der Waals surface area contributed by atoms with Crippen molar-refractivity contribution in [2.24, 2.45) is 0 Å². The molecule has 0 fully saturated rings. The Labute approximate surface area is 93.5 Å². The Hall–Kier alpha value is -0.380. The predicted octanol–water partition coefficient (Wildman–Crippen LogP) is 1.26. The fraction of sp³-hybridized carbons (Fsp3) is 0.833. The van der Waals surface area contributed by atoms with Crippen LogP contribution in [0.5, 0.6) is 0 Å². The lowest BCUT2D eigenvalue weighted by atomic mass is 10.0. The fourth-order valence-electron chi connectivity index (χ4n) is 1.85. The Morgan fingerprint density at radius 1 is 1.53 bits per heavy atom. The molecule has 15 heavy (non-hydrogen) atoms. The fourth-order valence-corrected chi connectivity index (χ4v) is 1.85. The van der Waals surface area contributed by atoms with E-state index in [1.54, 1.807) is 7.11 Å². The molecule has 3 heteroatoms. The molecule has 1 aliphatic heterocycles. The monoisotopic (exact) mass is 212 g/mol. The van der Waals surface area contributed by atoms with Crippen LogP contribution < -0.4 is 5.32 Å². The molecule has 0 spiro atoms. The number of rotatable bonds is 5. The van der Waals surface area contributed by atoms with Gasteiger partial charge < -0.3 is 10.1 Å². The first-order valence-electron chi connectivity index (χ1n) is 5.65. The van der Waals surface area contributed by atoms with E-state index in [1.807, 2.05) is 7.05 Å². The minimum absolute atomic E-state index is 0.201. The van der Waals surface area contributed by atoms with E-state index in [-0.39, 0.29) is 5.54 Å². The molecule has 0 saturated heterocycles. The van der Waals surface area contributed by atoms with Crippen LogP contribution in [0.15, 0.2) is 11.6 Å². The van der Waals surface area contributed by atoms with Crippen LogP contribution in [0.2, 0.25) is 0 Å². The Morgan fingerprint density at radius 3 is 2.73 bits per heavy atom. The van der Waals surface area contributed by atoms with Gasteiger partial charge in [-0.25, -0.2) is 0 Å². The molecule has 0 saturated carbocycles. The predicted molar refractivity (Wildman–Crippen MR) is 64.2 cm³/mol. The van der Waals surface area contributed by atoms with Crippen LogP contribution in [0.1, 0.15) is 20.3 Å². The number of hydrogen-bond acceptors (Lipinski definition) is 3. The van der Waals surface area contributed by atoms with Gasteiger partial charge in [0.05, 0.1) is 6.61 Å². The number of nitrogens with zero attached hydrogens (tertiary/aromatic N) is 1. The lowest BCUT2D eigenvalue weighted by molar-refractivity contribution is 0.195. The summed E-state index contributed by atoms with van der Waals surface area (Å²) in [7, 11) is 3.79. The number of methoxy groups -OCH3 is 1. The molecule has 88 valence electrons. The van der Waals surface area contributed by atoms with E-state index < -0.39 is 0 Å². The minimum Gasteiger partial charge on any atom is -0.380 e. The van der Waals surface area contributed by atoms with Crippen molar-refractivity contribution in [1.29, 1.82) is 0 Å². The van der Waals surface area contributed by atoms with Gasteiger partial charge in [-0.2, -0.15) is 0 Å². The second-order valence-electron chi connectivity index (χ2n) is 4.91. The van der Waals surface area contributed by atoms with Crippen LogP contribution in [0.3, 0.4) is 0 Å². The van der Waals surface area contributed by atoms with Crippen molar-refractivity contribution in [1.82, 2.24) is 10.2 Å². The molecular formula is C12H24N2O. The van der Waals surface area contributed by atoms with Gasteiger partial charge >= 0.3 is 0 Å². The van der Waals surface area contributed by atoms with E-state index in [9.17, 15) is 0 Å². The second-order valence-corrected chi connectivity index (χ2v) is 4.91. The SMILES string of the molecule is CNC(C)(C)CN1CC=C(COC)CC1. The molecule has 0 aromatic carbocycles. The van der Waals surface area contributed by atoms with Gasteiger partial charge in [0.25, 0.3) is 0 Å². The Bertz CT molecular complexity index is 224. The Morgan fingerprint density at radius 2 is 2.27 bits per heavy atom. The summed E-state index contributed by atoms with van der Waals surface area (Å²) >= 11 is 0. The summed E-state index contributed by atoms with van der Waals surface area (Å²) in [6, 6.07) is 0. The van der Waals surface area contributed by atoms with Crippen molar-refractivity contribution in [3.05, 3.63) is 11.6 Å². The van der Waals surface area contributed by atoms with Crippen molar-refractivity contribution in [3.8, 4) is 0 Å². The topological polar surface area (TPSA) is 24.5 Å². The number of likely N-dealkylation sites (N-methyl/N-ethyl adjacent to an activating group) is 1. The third-order valence-electron chi connectivity index (χ3n) is 3.01. The van der Waals surface area contributed by atoms with Crippen LogP contribution in [0.4, 0.5) is 0 Å². The van der Waals surface area contributed by atoms with Crippen molar-refractivity contribution < 1.29 is 4.74 Å². The molecule has 0 amide bonds. The highest BCUT2D eigenvalue weighted by atomic mass is 16.5. The van der Waals surface area contributed by atoms with Gasteiger partial charge in [0.2, 0.25) is 0 Å². The van der Waals surface area contributed by atoms with Crippen LogP contribution in [-0.4, -0.2) is 50.8 Å². The molecule has 0 aromatic heterocycles. The highest BCUT2D eigenvalue weighted by molar-refractivity contribution is 5.08. The van der Waals surface area contributed by atoms with Crippen molar-refractivity contribution >= 4 is 0 Å². The first kappa shape index (κ1) is 12.7. The van der Waals surface area contributed by atoms with Gasteiger partial charge in [0, 0.05) is 32.3 Å². The molecule has 3 nitrogen and oxygen atoms in total. The van der Waals surface area contributed by atoms with E-state index in [0.717, 1.165) is 32.7 Å². The van der Waals surface area contributed by atoms with Gasteiger partial charge in [-0.1, -0.05) is 6.08 Å². The lowest BCUT2D eigenvalue weighted by Gasteiger charge is -2.34. The average molecular weight is 212 g/mol. The lowest BCUT2D eigenvalue weighted by Crippen LogP contribution is -2.48. The van der Waals surface area contributed by atoms with Gasteiger partial charge in [0.1, 0.15) is 0 Å². The first-order valence-corrected chi connectivity index (χ1v) is 5.65. The molecule has 1 heterocycles. The molecule has 1 N–H and O–H groups in total. The van der Waals surface area contributed by atoms with E-state index in [4.69, 9.17) is 4.74 Å². The van der Waals surface area contributed by atoms with E-state index in [2.05, 4.69) is 30.1 Å². The summed E-state index contributed by atoms with van der Waals surface area (Å²) in [5, 5.41) is 3.34. The second kappa shape index (κ2) is 5.64. The summed E-state index contributed by atoms with van der Waals surface area (Å²) in [5.74, 6) is 0. The largest absolute Gasteiger partial charge is 0.380 e. The molecule has 0 bridgehead atoms. The maximum atomic E-state index is 5.14. The maximum absolute atomic E-state index is 5.14. The van der Waals surface area contributed by atoms with Crippen LogP contribution in [0.25, 0.3) is 0 Å². The van der Waals surface area contributed by atoms with Crippen molar-refractivity contribution in [2.45, 2.75) is 25.8 Å². The molecule has 0 radical (unpaired) electrons. The van der Waals surface area contributed by atoms with Crippen LogP contribution >= 0.6 is 0 Å². The molecule has 1 rings (SSSR count). The zero-order chi connectivity index (χ0) is 11.3. The molecule has 0 aliphatic carbocycles. The van der Waals surface area contributed by atoms with Crippen LogP contribution in [-0.2, 0) is 4.74 Å². The van der Waals surface area contributed by atoms with Gasteiger partial charge in [0.15, 0.2) is 0 Å². The molecule has 0 atom stereocenters. The summed E-state index contributed by atoms with van der Waals surface area (Å²) in [6.45, 7) is 8.58. The standard InChI is InChI=1S/C12H24N2O/c1-12(2,13-3)10-14-7-5-11(6-8-14)9-15-4/h5,13H,6-10H2,1-4H3. The highest BCUT2D eigenvalue weighted by Crippen LogP contribution is 2.13. The zero-order valence-corrected chi connectivity index (χ0v) is 10.5. The van der Waals surface area contributed by atoms with E-state index in [1.165, 1.54) is 5.57 Å². The first-order chi connectivity index (χ1) is 7.07. The molecular weight excluding hydrogens is 188 g/mol. The summed E-state index contributed by atoms with van der Waals surface area (Å²) in [4.78, 5) is 2.48. The van der Waals surface area contributed by atoms with Gasteiger partial charge in [-0.05, 0) is 32.9 Å². The molecule has 0 aromatic rings. The van der Waals surface area contributed by atoms with E-state index >= 15 is 0 Å². The quantitative estimate of drug-likeness (QED) is 0.694. The Balaban J connectivity index is 2.37. The summed E-state index contributed by atoms with van der Waals surface area (Å²) < 4.78 is 5.14. The smallest absolute Gasteiger partial charge is 0.0673 e. The highest BCUT2D eigenvalue weighted by Gasteiger charge is 2.20. The molecule has 1 aliphatic rings. The summed E-state index contributed by atoms with van der Waals surface area (Å²) in [6.07, 6.45) is 3.45. The third-order valence-corrected chi connectivity index (χ3v) is 3.01. The normalized spacial score (nSPS) is 19.1.